The van der Waals surface area contributed by atoms with Crippen molar-refractivity contribution in [2.75, 3.05) is 0 Å². The molecule has 23 heavy (non-hydrogen) atoms. The molecule has 3 nitrogen and oxygen atoms in total. The Morgan fingerprint density at radius 1 is 0.870 bits per heavy atom. The molecular weight excluding hydrogens is 307 g/mol. The Morgan fingerprint density at radius 2 is 1.48 bits per heavy atom. The van der Waals surface area contributed by atoms with E-state index in [-0.39, 0.29) is 11.2 Å². The predicted molar refractivity (Wildman–Crippen MR) is 95.9 cm³/mol. The van der Waals surface area contributed by atoms with E-state index >= 15 is 0 Å². The summed E-state index contributed by atoms with van der Waals surface area (Å²) in [5.74, 6) is 0.0412. The zero-order valence-corrected chi connectivity index (χ0v) is 13.8. The average molecular weight is 324 g/mol. The van der Waals surface area contributed by atoms with Crippen LogP contribution in [0.5, 0.6) is 0 Å². The highest BCUT2D eigenvalue weighted by Gasteiger charge is 2.27. The van der Waals surface area contributed by atoms with Gasteiger partial charge in [-0.3, -0.25) is 4.57 Å². The van der Waals surface area contributed by atoms with Crippen LogP contribution in [0, 0.1) is 0 Å². The number of hydrogen-bond donors (Lipinski definition) is 2. The fourth-order valence-corrected chi connectivity index (χ4v) is 4.74. The van der Waals surface area contributed by atoms with E-state index in [4.69, 9.17) is 0 Å². The van der Waals surface area contributed by atoms with Crippen molar-refractivity contribution < 1.29 is 14.4 Å². The normalized spacial score (nSPS) is 12.9. The van der Waals surface area contributed by atoms with Crippen LogP contribution in [0.4, 0.5) is 0 Å². The molecule has 2 N–H and O–H groups in total. The van der Waals surface area contributed by atoms with Crippen LogP contribution in [0.15, 0.2) is 48.5 Å². The highest BCUT2D eigenvalue weighted by Crippen LogP contribution is 2.44. The summed E-state index contributed by atoms with van der Waals surface area (Å²) in [6.45, 7) is 3.93. The van der Waals surface area contributed by atoms with Crippen molar-refractivity contribution in [3.63, 3.8) is 0 Å². The van der Waals surface area contributed by atoms with E-state index in [0.29, 0.717) is 5.39 Å². The molecule has 0 atom stereocenters. The standard InChI is InChI=1S/C19H17O3P/c1-11(2)16-10-14-7-6-12-4-3-5-13-8-9-15(18(14)17(12)13)19(16)23(20,21)22/h3-11H,1-2H3,(H2,20,21,22). The molecule has 0 aliphatic carbocycles. The monoisotopic (exact) mass is 324 g/mol. The lowest BCUT2D eigenvalue weighted by Gasteiger charge is -2.20. The lowest BCUT2D eigenvalue weighted by molar-refractivity contribution is 0.387. The van der Waals surface area contributed by atoms with Gasteiger partial charge in [-0.1, -0.05) is 56.3 Å². The van der Waals surface area contributed by atoms with Crippen molar-refractivity contribution in [1.82, 2.24) is 0 Å². The van der Waals surface area contributed by atoms with Crippen molar-refractivity contribution in [2.24, 2.45) is 0 Å². The molecule has 0 saturated carbocycles. The number of benzene rings is 4. The Morgan fingerprint density at radius 3 is 2.09 bits per heavy atom. The molecule has 0 bridgehead atoms. The molecule has 0 unspecified atom stereocenters. The van der Waals surface area contributed by atoms with Crippen molar-refractivity contribution in [3.05, 3.63) is 54.1 Å². The summed E-state index contributed by atoms with van der Waals surface area (Å²) in [5, 5.41) is 6.09. The third-order valence-electron chi connectivity index (χ3n) is 4.56. The third kappa shape index (κ3) is 2.08. The van der Waals surface area contributed by atoms with E-state index in [1.165, 1.54) is 0 Å². The summed E-state index contributed by atoms with van der Waals surface area (Å²) in [4.78, 5) is 19.9. The molecule has 4 heteroatoms. The molecule has 0 amide bonds. The first kappa shape index (κ1) is 14.6. The minimum Gasteiger partial charge on any atom is -0.321 e. The van der Waals surface area contributed by atoms with Crippen LogP contribution in [0.1, 0.15) is 25.3 Å². The lowest BCUT2D eigenvalue weighted by Crippen LogP contribution is -2.14. The van der Waals surface area contributed by atoms with Gasteiger partial charge in [0.15, 0.2) is 0 Å². The van der Waals surface area contributed by atoms with Crippen LogP contribution >= 0.6 is 7.60 Å². The largest absolute Gasteiger partial charge is 0.357 e. The molecule has 0 spiro atoms. The minimum absolute atomic E-state index is 0.0412. The highest BCUT2D eigenvalue weighted by atomic mass is 31.2. The fraction of sp³-hybridized carbons (Fsp3) is 0.158. The average Bonchev–Trinajstić information content (AvgIpc) is 2.50. The van der Waals surface area contributed by atoms with Crippen molar-refractivity contribution >= 4 is 45.2 Å². The Kier molecular flexibility index (Phi) is 3.05. The Balaban J connectivity index is 2.34. The topological polar surface area (TPSA) is 57.5 Å². The summed E-state index contributed by atoms with van der Waals surface area (Å²) >= 11 is 0. The zero-order valence-electron chi connectivity index (χ0n) is 12.9. The first-order chi connectivity index (χ1) is 10.9. The maximum Gasteiger partial charge on any atom is 0.357 e. The molecule has 4 aromatic carbocycles. The molecule has 0 fully saturated rings. The van der Waals surface area contributed by atoms with E-state index in [9.17, 15) is 14.4 Å². The van der Waals surface area contributed by atoms with Gasteiger partial charge in [0.1, 0.15) is 0 Å². The lowest BCUT2D eigenvalue weighted by atomic mass is 9.90. The van der Waals surface area contributed by atoms with Crippen LogP contribution in [-0.2, 0) is 4.57 Å². The summed E-state index contributed by atoms with van der Waals surface area (Å²) in [6, 6.07) is 15.9. The van der Waals surface area contributed by atoms with Crippen LogP contribution < -0.4 is 5.30 Å². The Labute approximate surface area is 134 Å². The van der Waals surface area contributed by atoms with E-state index in [2.05, 4.69) is 6.07 Å². The molecule has 0 aliphatic heterocycles. The molecule has 116 valence electrons. The van der Waals surface area contributed by atoms with E-state index in [1.807, 2.05) is 56.3 Å². The van der Waals surface area contributed by atoms with Crippen LogP contribution in [-0.4, -0.2) is 9.79 Å². The van der Waals surface area contributed by atoms with Gasteiger partial charge in [0.2, 0.25) is 0 Å². The molecule has 0 saturated heterocycles. The Hall–Kier alpha value is -1.93. The highest BCUT2D eigenvalue weighted by molar-refractivity contribution is 7.61. The van der Waals surface area contributed by atoms with Gasteiger partial charge in [-0.25, -0.2) is 0 Å². The smallest absolute Gasteiger partial charge is 0.321 e. The predicted octanol–water partition coefficient (Wildman–Crippen LogP) is 4.51. The second kappa shape index (κ2) is 4.78. The number of hydrogen-bond acceptors (Lipinski definition) is 1. The van der Waals surface area contributed by atoms with Gasteiger partial charge in [0.25, 0.3) is 0 Å². The van der Waals surface area contributed by atoms with Gasteiger partial charge in [0.05, 0.1) is 5.30 Å². The first-order valence-corrected chi connectivity index (χ1v) is 9.25. The van der Waals surface area contributed by atoms with Crippen LogP contribution in [0.25, 0.3) is 32.3 Å². The van der Waals surface area contributed by atoms with Crippen LogP contribution in [0.3, 0.4) is 0 Å². The van der Waals surface area contributed by atoms with Gasteiger partial charge < -0.3 is 9.79 Å². The molecule has 4 rings (SSSR count). The van der Waals surface area contributed by atoms with Crippen molar-refractivity contribution in [2.45, 2.75) is 19.8 Å². The Bertz CT molecular complexity index is 1080. The summed E-state index contributed by atoms with van der Waals surface area (Å²) in [6.07, 6.45) is 0. The molecule has 0 radical (unpaired) electrons. The van der Waals surface area contributed by atoms with Gasteiger partial charge in [0, 0.05) is 0 Å². The van der Waals surface area contributed by atoms with Gasteiger partial charge >= 0.3 is 7.60 Å². The van der Waals surface area contributed by atoms with Gasteiger partial charge in [-0.05, 0) is 49.9 Å². The van der Waals surface area contributed by atoms with Gasteiger partial charge in [-0.2, -0.15) is 0 Å². The van der Waals surface area contributed by atoms with Crippen molar-refractivity contribution in [1.29, 1.82) is 0 Å². The third-order valence-corrected chi connectivity index (χ3v) is 5.64. The summed E-state index contributed by atoms with van der Waals surface area (Å²) < 4.78 is 12.2. The molecule has 4 aromatic rings. The maximum atomic E-state index is 12.2. The first-order valence-electron chi connectivity index (χ1n) is 7.64. The van der Waals surface area contributed by atoms with E-state index < -0.39 is 7.60 Å². The summed E-state index contributed by atoms with van der Waals surface area (Å²) in [5.41, 5.74) is 0.726. The second-order valence-corrected chi connectivity index (χ2v) is 7.90. The SMILES string of the molecule is CC(C)c1cc2ccc3cccc4ccc(c1P(=O)(O)O)c2c34. The van der Waals surface area contributed by atoms with E-state index in [0.717, 1.165) is 32.5 Å². The minimum atomic E-state index is -4.37. The molecule has 0 aromatic heterocycles. The maximum absolute atomic E-state index is 12.2. The molecule has 0 heterocycles. The van der Waals surface area contributed by atoms with Gasteiger partial charge in [-0.15, -0.1) is 0 Å². The zero-order chi connectivity index (χ0) is 16.4. The summed E-state index contributed by atoms with van der Waals surface area (Å²) in [7, 11) is -4.37. The molecular formula is C19H17O3P. The number of rotatable bonds is 2. The van der Waals surface area contributed by atoms with Crippen molar-refractivity contribution in [3.8, 4) is 0 Å². The quantitative estimate of drug-likeness (QED) is 0.421. The fourth-order valence-electron chi connectivity index (χ4n) is 3.58. The van der Waals surface area contributed by atoms with Crippen LogP contribution in [0.2, 0.25) is 0 Å². The second-order valence-electron chi connectivity index (χ2n) is 6.37. The van der Waals surface area contributed by atoms with E-state index in [1.54, 1.807) is 0 Å². The molecule has 0 aliphatic rings.